The minimum atomic E-state index is -2.45. The van der Waals surface area contributed by atoms with Gasteiger partial charge in [0.1, 0.15) is 23.7 Å². The lowest BCUT2D eigenvalue weighted by atomic mass is 9.77. The molecule has 2 fully saturated rings. The van der Waals surface area contributed by atoms with E-state index in [4.69, 9.17) is 14.6 Å². The Hall–Kier alpha value is -5.67. The van der Waals surface area contributed by atoms with Crippen molar-refractivity contribution in [3.05, 3.63) is 94.3 Å². The normalized spacial score (nSPS) is 23.0. The Kier molecular flexibility index (Phi) is 9.23. The fraction of sp³-hybridized carbons (Fsp3) is 0.333. The minimum absolute atomic E-state index is 0.132. The topological polar surface area (TPSA) is 116 Å². The maximum Gasteiger partial charge on any atom is 0.264 e. The number of allylic oxidation sites excluding steroid dienone is 1. The molecule has 0 bridgehead atoms. The maximum atomic E-state index is 14.7. The second-order valence-corrected chi connectivity index (χ2v) is 12.5. The Balaban J connectivity index is 1.19. The summed E-state index contributed by atoms with van der Waals surface area (Å²) in [6.45, 7) is 4.10. The molecule has 1 aliphatic carbocycles. The number of ether oxygens (including phenoxy) is 2. The van der Waals surface area contributed by atoms with E-state index < -0.39 is 77.2 Å². The van der Waals surface area contributed by atoms with Crippen molar-refractivity contribution in [3.63, 3.8) is 0 Å². The average Bonchev–Trinajstić information content (AvgIpc) is 3.81. The first kappa shape index (κ1) is 34.8. The van der Waals surface area contributed by atoms with E-state index in [0.29, 0.717) is 37.5 Å². The number of fused-ring (bicyclic) bond motifs is 2. The summed E-state index contributed by atoms with van der Waals surface area (Å²) in [7, 11) is 0. The van der Waals surface area contributed by atoms with Crippen LogP contribution in [0, 0.1) is 35.0 Å². The van der Waals surface area contributed by atoms with Crippen molar-refractivity contribution < 1.29 is 45.8 Å². The van der Waals surface area contributed by atoms with Crippen molar-refractivity contribution in [1.82, 2.24) is 10.0 Å². The van der Waals surface area contributed by atoms with E-state index >= 15 is 0 Å². The molecule has 270 valence electrons. The van der Waals surface area contributed by atoms with Crippen LogP contribution in [-0.4, -0.2) is 65.3 Å². The van der Waals surface area contributed by atoms with Crippen molar-refractivity contribution in [2.45, 2.75) is 51.2 Å². The van der Waals surface area contributed by atoms with Crippen LogP contribution in [0.15, 0.2) is 69.5 Å². The first-order chi connectivity index (χ1) is 25.0. The van der Waals surface area contributed by atoms with E-state index in [0.717, 1.165) is 33.9 Å². The molecule has 3 heterocycles. The Morgan fingerprint density at radius 2 is 1.42 bits per heavy atom. The zero-order valence-corrected chi connectivity index (χ0v) is 27.9. The molecular formula is C36H31F5N6O5. The van der Waals surface area contributed by atoms with Gasteiger partial charge in [0.15, 0.2) is 35.4 Å². The highest BCUT2D eigenvalue weighted by atomic mass is 19.2. The highest BCUT2D eigenvalue weighted by molar-refractivity contribution is 6.25. The van der Waals surface area contributed by atoms with E-state index in [1.54, 1.807) is 12.1 Å². The van der Waals surface area contributed by atoms with Crippen molar-refractivity contribution in [2.75, 3.05) is 24.7 Å². The second kappa shape index (κ2) is 13.8. The van der Waals surface area contributed by atoms with E-state index in [2.05, 4.69) is 10.3 Å². The number of hydrazone groups is 1. The van der Waals surface area contributed by atoms with E-state index in [1.807, 2.05) is 56.3 Å². The fourth-order valence-corrected chi connectivity index (χ4v) is 7.07. The van der Waals surface area contributed by atoms with Gasteiger partial charge in [0.2, 0.25) is 5.82 Å². The van der Waals surface area contributed by atoms with Crippen LogP contribution in [0.3, 0.4) is 0 Å². The van der Waals surface area contributed by atoms with Gasteiger partial charge in [0.05, 0.1) is 25.0 Å². The first-order valence-corrected chi connectivity index (χ1v) is 16.7. The standard InChI is InChI=1S/C36H31F5N6O5/c1-3-51-21-12-8-18(9-13-21)16-20-6-5-7-23-30(20)43-47(32(23)19-10-14-22(15-11-19)52-4-2)24(48)17-45-34-31(42-44-45)35(49)46(36(34)50)33-28(40)26(38)25(37)27(39)29(33)41/h8-16,23,31-32,34H,3-7,17H2,1-2H3/b20-16+/t23-,31+,32+,34-/m1/s1. The van der Waals surface area contributed by atoms with Crippen LogP contribution in [0.4, 0.5) is 27.6 Å². The van der Waals surface area contributed by atoms with Crippen LogP contribution in [0.1, 0.15) is 50.3 Å². The van der Waals surface area contributed by atoms with Gasteiger partial charge in [-0.25, -0.2) is 31.9 Å². The van der Waals surface area contributed by atoms with E-state index in [1.165, 1.54) is 5.01 Å². The molecule has 1 saturated heterocycles. The van der Waals surface area contributed by atoms with Gasteiger partial charge in [-0.05, 0) is 80.2 Å². The van der Waals surface area contributed by atoms with Crippen molar-refractivity contribution in [2.24, 2.45) is 21.4 Å². The smallest absolute Gasteiger partial charge is 0.264 e. The van der Waals surface area contributed by atoms with Crippen LogP contribution in [0.5, 0.6) is 11.5 Å². The van der Waals surface area contributed by atoms with Crippen LogP contribution >= 0.6 is 0 Å². The number of anilines is 1. The van der Waals surface area contributed by atoms with Crippen molar-refractivity contribution in [3.8, 4) is 11.5 Å². The Morgan fingerprint density at radius 1 is 0.827 bits per heavy atom. The molecule has 0 radical (unpaired) electrons. The summed E-state index contributed by atoms with van der Waals surface area (Å²) >= 11 is 0. The SMILES string of the molecule is CCOc1ccc(/C=C2\CCC[C@@H]3C2=NN(C(=O)CN2N=N[C@@H]4C(=O)N(c5c(F)c(F)c(F)c(F)c5F)C(=O)[C@@H]42)[C@H]3c2ccc(OCC)cc2)cc1. The monoisotopic (exact) mass is 722 g/mol. The summed E-state index contributed by atoms with van der Waals surface area (Å²) in [4.78, 5) is 40.6. The lowest BCUT2D eigenvalue weighted by molar-refractivity contribution is -0.136. The van der Waals surface area contributed by atoms with E-state index in [9.17, 15) is 36.3 Å². The summed E-state index contributed by atoms with van der Waals surface area (Å²) in [5.74, 6) is -14.0. The van der Waals surface area contributed by atoms with Crippen LogP contribution in [0.25, 0.3) is 6.08 Å². The number of halogens is 5. The largest absolute Gasteiger partial charge is 0.494 e. The number of hydrogen-bond acceptors (Lipinski definition) is 9. The number of carbonyl (C=O) groups is 3. The molecule has 0 unspecified atom stereocenters. The van der Waals surface area contributed by atoms with Crippen molar-refractivity contribution >= 4 is 35.2 Å². The molecule has 0 spiro atoms. The zero-order valence-electron chi connectivity index (χ0n) is 27.9. The third-order valence-electron chi connectivity index (χ3n) is 9.39. The molecule has 1 saturated carbocycles. The number of imide groups is 1. The molecule has 3 aliphatic heterocycles. The molecule has 3 aromatic rings. The Bertz CT molecular complexity index is 2010. The quantitative estimate of drug-likeness (QED) is 0.111. The number of carbonyl (C=O) groups excluding carboxylic acids is 3. The molecule has 4 aliphatic rings. The highest BCUT2D eigenvalue weighted by Gasteiger charge is 2.57. The number of benzene rings is 3. The lowest BCUT2D eigenvalue weighted by Crippen LogP contribution is -2.45. The van der Waals surface area contributed by atoms with Gasteiger partial charge in [-0.2, -0.15) is 10.2 Å². The second-order valence-electron chi connectivity index (χ2n) is 12.5. The van der Waals surface area contributed by atoms with Crippen LogP contribution in [-0.2, 0) is 14.4 Å². The van der Waals surface area contributed by atoms with Gasteiger partial charge in [-0.15, -0.1) is 0 Å². The Morgan fingerprint density at radius 3 is 2.04 bits per heavy atom. The number of nitrogens with zero attached hydrogens (tertiary/aromatic N) is 6. The molecule has 7 rings (SSSR count). The van der Waals surface area contributed by atoms with Crippen molar-refractivity contribution in [1.29, 1.82) is 0 Å². The molecule has 16 heteroatoms. The summed E-state index contributed by atoms with van der Waals surface area (Å²) in [5.41, 5.74) is 1.59. The number of rotatable bonds is 9. The molecule has 0 aromatic heterocycles. The molecule has 4 atom stereocenters. The molecule has 52 heavy (non-hydrogen) atoms. The predicted octanol–water partition coefficient (Wildman–Crippen LogP) is 6.30. The summed E-state index contributed by atoms with van der Waals surface area (Å²) in [5, 5.41) is 14.6. The highest BCUT2D eigenvalue weighted by Crippen LogP contribution is 2.45. The molecule has 0 N–H and O–H groups in total. The summed E-state index contributed by atoms with van der Waals surface area (Å²) in [6.07, 6.45) is 4.24. The number of hydrogen-bond donors (Lipinski definition) is 0. The van der Waals surface area contributed by atoms with Gasteiger partial charge < -0.3 is 9.47 Å². The third-order valence-corrected chi connectivity index (χ3v) is 9.39. The Labute approximate surface area is 294 Å². The van der Waals surface area contributed by atoms with Gasteiger partial charge in [0, 0.05) is 5.92 Å². The number of amides is 3. The molecular weight excluding hydrogens is 691 g/mol. The lowest BCUT2D eigenvalue weighted by Gasteiger charge is -2.30. The fourth-order valence-electron chi connectivity index (χ4n) is 7.07. The van der Waals surface area contributed by atoms with Gasteiger partial charge in [0.25, 0.3) is 17.7 Å². The first-order valence-electron chi connectivity index (χ1n) is 16.7. The van der Waals surface area contributed by atoms with Gasteiger partial charge >= 0.3 is 0 Å². The predicted molar refractivity (Wildman–Crippen MR) is 175 cm³/mol. The third kappa shape index (κ3) is 5.84. The minimum Gasteiger partial charge on any atom is -0.494 e. The van der Waals surface area contributed by atoms with Crippen LogP contribution in [0.2, 0.25) is 0 Å². The van der Waals surface area contributed by atoms with E-state index in [-0.39, 0.29) is 10.8 Å². The summed E-state index contributed by atoms with van der Waals surface area (Å²) < 4.78 is 82.4. The molecule has 3 amide bonds. The maximum absolute atomic E-state index is 14.7. The molecule has 11 nitrogen and oxygen atoms in total. The molecule has 3 aromatic carbocycles. The van der Waals surface area contributed by atoms with Crippen LogP contribution < -0.4 is 14.4 Å². The summed E-state index contributed by atoms with van der Waals surface area (Å²) in [6, 6.07) is 10.9. The average molecular weight is 723 g/mol. The zero-order chi connectivity index (χ0) is 36.8. The van der Waals surface area contributed by atoms with Gasteiger partial charge in [-0.3, -0.25) is 19.4 Å². The van der Waals surface area contributed by atoms with Gasteiger partial charge in [-0.1, -0.05) is 29.5 Å².